The number of benzene rings is 3. The minimum atomic E-state index is -2.47. The average Bonchev–Trinajstić information content (AvgIpc) is 3.69. The molecule has 0 spiro atoms. The Balaban J connectivity index is 1.46. The van der Waals surface area contributed by atoms with Gasteiger partial charge in [0, 0.05) is 0 Å². The number of nitrogens with zero attached hydrogens (tertiary/aromatic N) is 4. The Morgan fingerprint density at radius 2 is 1.33 bits per heavy atom. The van der Waals surface area contributed by atoms with Crippen molar-refractivity contribution in [2.45, 2.75) is 108 Å². The zero-order valence-corrected chi connectivity index (χ0v) is 35.9. The van der Waals surface area contributed by atoms with Crippen LogP contribution >= 0.6 is 0 Å². The Hall–Kier alpha value is -4.02. The third kappa shape index (κ3) is 7.86. The maximum Gasteiger partial charge on any atom is 0.312 e. The summed E-state index contributed by atoms with van der Waals surface area (Å²) >= 11 is 0. The molecule has 6 rings (SSSR count). The van der Waals surface area contributed by atoms with E-state index in [2.05, 4.69) is 83.0 Å². The van der Waals surface area contributed by atoms with Crippen LogP contribution in [0.3, 0.4) is 0 Å². The molecule has 4 atom stereocenters. The van der Waals surface area contributed by atoms with E-state index in [4.69, 9.17) is 23.3 Å². The van der Waals surface area contributed by atoms with Crippen LogP contribution in [-0.4, -0.2) is 68.3 Å². The Kier molecular flexibility index (Phi) is 11.2. The monoisotopic (exact) mass is 787 g/mol. The zero-order valence-electron chi connectivity index (χ0n) is 33.9. The molecule has 1 fully saturated rings. The van der Waals surface area contributed by atoms with Crippen LogP contribution in [0.15, 0.2) is 91.3 Å². The number of halogens is 2. The fourth-order valence-electron chi connectivity index (χ4n) is 6.49. The molecule has 55 heavy (non-hydrogen) atoms. The normalized spacial score (nSPS) is 19.9. The van der Waals surface area contributed by atoms with E-state index in [1.54, 1.807) is 7.11 Å². The van der Waals surface area contributed by atoms with E-state index >= 15 is 8.78 Å². The third-order valence-electron chi connectivity index (χ3n) is 11.8. The van der Waals surface area contributed by atoms with Gasteiger partial charge in [0.25, 0.3) is 0 Å². The Labute approximate surface area is 326 Å². The molecule has 0 aliphatic carbocycles. The topological polar surface area (TPSA) is 92.6 Å². The molecule has 1 aliphatic rings. The molecule has 2 aromatic heterocycles. The number of rotatable bonds is 12. The molecule has 0 radical (unpaired) electrons. The first-order valence-corrected chi connectivity index (χ1v) is 24.7. The van der Waals surface area contributed by atoms with Gasteiger partial charge in [0.15, 0.2) is 46.0 Å². The minimum Gasteiger partial charge on any atom is -0.497 e. The van der Waals surface area contributed by atoms with Crippen molar-refractivity contribution in [3.05, 3.63) is 114 Å². The highest BCUT2D eigenvalue weighted by atomic mass is 28.4. The van der Waals surface area contributed by atoms with Gasteiger partial charge in [-0.15, -0.1) is 0 Å². The molecule has 5 aromatic rings. The van der Waals surface area contributed by atoms with Crippen molar-refractivity contribution < 1.29 is 27.1 Å². The smallest absolute Gasteiger partial charge is 0.312 e. The lowest BCUT2D eigenvalue weighted by atomic mass is 9.77. The predicted molar refractivity (Wildman–Crippen MR) is 219 cm³/mol. The number of imidazole rings is 1. The summed E-state index contributed by atoms with van der Waals surface area (Å²) in [6.45, 7) is 21.5. The molecule has 1 N–H and O–H groups in total. The van der Waals surface area contributed by atoms with Gasteiger partial charge in [0.2, 0.25) is 0 Å². The number of fused-ring (bicyclic) bond motifs is 1. The lowest BCUT2D eigenvalue weighted by Crippen LogP contribution is -2.50. The second kappa shape index (κ2) is 15.1. The van der Waals surface area contributed by atoms with Gasteiger partial charge >= 0.3 is 6.08 Å². The number of anilines is 1. The quantitative estimate of drug-likeness (QED) is 0.0759. The fraction of sp³-hybridized carbons (Fsp3) is 0.452. The Bertz CT molecular complexity index is 2030. The summed E-state index contributed by atoms with van der Waals surface area (Å²) in [7, 11) is -3.09. The van der Waals surface area contributed by atoms with Crippen LogP contribution in [-0.2, 0) is 19.1 Å². The maximum absolute atomic E-state index is 17.1. The molecule has 9 nitrogen and oxygen atoms in total. The van der Waals surface area contributed by atoms with Crippen molar-refractivity contribution in [2.75, 3.05) is 19.0 Å². The van der Waals surface area contributed by atoms with Crippen LogP contribution in [0.5, 0.6) is 5.75 Å². The maximum atomic E-state index is 17.1. The second-order valence-corrected chi connectivity index (χ2v) is 27.0. The van der Waals surface area contributed by atoms with Gasteiger partial charge in [-0.25, -0.2) is 9.37 Å². The van der Waals surface area contributed by atoms with E-state index in [0.29, 0.717) is 5.75 Å². The van der Waals surface area contributed by atoms with Crippen LogP contribution in [0.2, 0.25) is 36.3 Å². The highest BCUT2D eigenvalue weighted by molar-refractivity contribution is 6.74. The largest absolute Gasteiger partial charge is 0.497 e. The third-order valence-corrected chi connectivity index (χ3v) is 20.8. The second-order valence-electron chi connectivity index (χ2n) is 17.4. The molecular weight excluding hydrogens is 733 g/mol. The highest BCUT2D eigenvalue weighted by Crippen LogP contribution is 2.45. The molecule has 13 heteroatoms. The van der Waals surface area contributed by atoms with Crippen LogP contribution in [0.4, 0.5) is 14.6 Å². The zero-order chi connectivity index (χ0) is 40.0. The standard InChI is InChI=1S/C42H55F2N5O4Si2/c1-40(2,3)54(8,9)51-26-32-35(53-55(10,11)41(4,5)6)33(43)38(52-32)49-27-45-34-36(46-39(44)47-37(34)49)48-42(28-18-14-12-15-19-28,29-20-16-13-17-21-29)30-22-24-31(50-7)25-23-30/h12-25,27,32-33,35,38H,26H2,1-11H3,(H,46,47,48)/t32-,33+,35-,38-/m1/s1. The number of hydrogen-bond acceptors (Lipinski definition) is 8. The SMILES string of the molecule is COc1ccc(C(Nc2nc(F)nc3c2ncn3[C@@H]2O[C@H](CO[Si](C)(C)C(C)(C)C)[C@@H](O[Si](C)(C)C(C)(C)C)[C@@H]2F)(c2ccccc2)c2ccccc2)cc1. The van der Waals surface area contributed by atoms with Crippen molar-refractivity contribution in [1.29, 1.82) is 0 Å². The first kappa shape index (κ1) is 40.6. The summed E-state index contributed by atoms with van der Waals surface area (Å²) in [6.07, 6.45) is -4.02. The molecule has 3 heterocycles. The van der Waals surface area contributed by atoms with E-state index in [-0.39, 0.29) is 33.7 Å². The van der Waals surface area contributed by atoms with Crippen LogP contribution in [0, 0.1) is 6.08 Å². The molecule has 0 amide bonds. The number of methoxy groups -OCH3 is 1. The van der Waals surface area contributed by atoms with Crippen LogP contribution in [0.1, 0.15) is 64.5 Å². The van der Waals surface area contributed by atoms with Crippen LogP contribution < -0.4 is 10.1 Å². The van der Waals surface area contributed by atoms with E-state index in [1.807, 2.05) is 84.9 Å². The summed E-state index contributed by atoms with van der Waals surface area (Å²) in [4.78, 5) is 13.2. The summed E-state index contributed by atoms with van der Waals surface area (Å²) in [6, 6.07) is 27.4. The number of nitrogens with one attached hydrogen (secondary N) is 1. The minimum absolute atomic E-state index is 0.0607. The van der Waals surface area contributed by atoms with Gasteiger partial charge < -0.3 is 23.6 Å². The Morgan fingerprint density at radius 1 is 0.782 bits per heavy atom. The first-order valence-electron chi connectivity index (χ1n) is 18.8. The van der Waals surface area contributed by atoms with Gasteiger partial charge in [-0.3, -0.25) is 4.57 Å². The molecular formula is C42H55F2N5O4Si2. The number of hydrogen-bond donors (Lipinski definition) is 1. The molecule has 0 bridgehead atoms. The predicted octanol–water partition coefficient (Wildman–Crippen LogP) is 10.0. The molecule has 1 saturated heterocycles. The molecule has 3 aromatic carbocycles. The summed E-state index contributed by atoms with van der Waals surface area (Å²) in [5.41, 5.74) is 1.85. The van der Waals surface area contributed by atoms with E-state index in [0.717, 1.165) is 16.7 Å². The highest BCUT2D eigenvalue weighted by Gasteiger charge is 2.52. The lowest BCUT2D eigenvalue weighted by Gasteiger charge is -2.40. The van der Waals surface area contributed by atoms with E-state index in [1.165, 1.54) is 10.9 Å². The van der Waals surface area contributed by atoms with Crippen molar-refractivity contribution in [1.82, 2.24) is 19.5 Å². The van der Waals surface area contributed by atoms with E-state index < -0.39 is 52.9 Å². The van der Waals surface area contributed by atoms with Crippen molar-refractivity contribution in [3.63, 3.8) is 0 Å². The molecule has 0 saturated carbocycles. The first-order chi connectivity index (χ1) is 25.8. The molecule has 0 unspecified atom stereocenters. The number of aromatic nitrogens is 4. The number of alkyl halides is 1. The Morgan fingerprint density at radius 3 is 1.85 bits per heavy atom. The van der Waals surface area contributed by atoms with Crippen molar-refractivity contribution in [3.8, 4) is 5.75 Å². The summed E-state index contributed by atoms with van der Waals surface area (Å²) < 4.78 is 59.7. The summed E-state index contributed by atoms with van der Waals surface area (Å²) in [5, 5.41) is 3.38. The van der Waals surface area contributed by atoms with Gasteiger partial charge in [-0.05, 0) is 65.1 Å². The van der Waals surface area contributed by atoms with E-state index in [9.17, 15) is 0 Å². The van der Waals surface area contributed by atoms with Crippen molar-refractivity contribution >= 4 is 33.6 Å². The van der Waals surface area contributed by atoms with Gasteiger partial charge in [0.1, 0.15) is 23.5 Å². The van der Waals surface area contributed by atoms with Gasteiger partial charge in [-0.2, -0.15) is 14.4 Å². The van der Waals surface area contributed by atoms with Gasteiger partial charge in [-0.1, -0.05) is 114 Å². The molecule has 294 valence electrons. The number of ether oxygens (including phenoxy) is 2. The van der Waals surface area contributed by atoms with Crippen LogP contribution in [0.25, 0.3) is 11.2 Å². The van der Waals surface area contributed by atoms with Gasteiger partial charge in [0.05, 0.1) is 20.0 Å². The average molecular weight is 788 g/mol. The lowest BCUT2D eigenvalue weighted by molar-refractivity contribution is -0.0421. The molecule has 1 aliphatic heterocycles. The van der Waals surface area contributed by atoms with Crippen molar-refractivity contribution in [2.24, 2.45) is 0 Å². The summed E-state index contributed by atoms with van der Waals surface area (Å²) in [5.74, 6) is 0.819. The fourth-order valence-corrected chi connectivity index (χ4v) is 8.82.